The zero-order valence-corrected chi connectivity index (χ0v) is 10.8. The molecular formula is C13H14ClN3. The van der Waals surface area contributed by atoms with Gasteiger partial charge in [0.15, 0.2) is 11.0 Å². The normalized spacial score (nSPS) is 10.4. The van der Waals surface area contributed by atoms with E-state index in [1.54, 1.807) is 0 Å². The van der Waals surface area contributed by atoms with Crippen molar-refractivity contribution in [1.29, 1.82) is 0 Å². The van der Waals surface area contributed by atoms with Crippen LogP contribution in [0.25, 0.3) is 0 Å². The minimum absolute atomic E-state index is 0.398. The van der Waals surface area contributed by atoms with Crippen molar-refractivity contribution in [2.75, 3.05) is 5.32 Å². The maximum atomic E-state index is 6.06. The second-order valence-corrected chi connectivity index (χ2v) is 4.39. The summed E-state index contributed by atoms with van der Waals surface area (Å²) in [6, 6.07) is 8.03. The maximum absolute atomic E-state index is 6.06. The number of aryl methyl sites for hydroxylation is 3. The molecule has 4 heteroatoms. The van der Waals surface area contributed by atoms with Gasteiger partial charge in [-0.05, 0) is 38.5 Å². The second kappa shape index (κ2) is 4.72. The van der Waals surface area contributed by atoms with Crippen molar-refractivity contribution >= 4 is 23.1 Å². The van der Waals surface area contributed by atoms with Gasteiger partial charge >= 0.3 is 0 Å². The quantitative estimate of drug-likeness (QED) is 0.877. The first-order valence-electron chi connectivity index (χ1n) is 5.40. The second-order valence-electron chi connectivity index (χ2n) is 4.03. The highest BCUT2D eigenvalue weighted by Gasteiger charge is 2.07. The van der Waals surface area contributed by atoms with E-state index in [1.165, 1.54) is 5.56 Å². The third-order valence-electron chi connectivity index (χ3n) is 2.55. The Morgan fingerprint density at radius 3 is 2.47 bits per heavy atom. The lowest BCUT2D eigenvalue weighted by molar-refractivity contribution is 1.05. The SMILES string of the molecule is Cc1cccc(Nc2nc(C)c(C)nc2Cl)c1. The number of rotatable bonds is 2. The Bertz CT molecular complexity index is 552. The number of halogens is 1. The third-order valence-corrected chi connectivity index (χ3v) is 2.81. The van der Waals surface area contributed by atoms with Crippen LogP contribution in [0.4, 0.5) is 11.5 Å². The van der Waals surface area contributed by atoms with Crippen LogP contribution in [-0.2, 0) is 0 Å². The molecular weight excluding hydrogens is 234 g/mol. The van der Waals surface area contributed by atoms with Crippen molar-refractivity contribution in [3.8, 4) is 0 Å². The minimum Gasteiger partial charge on any atom is -0.338 e. The van der Waals surface area contributed by atoms with E-state index in [0.29, 0.717) is 11.0 Å². The average molecular weight is 248 g/mol. The molecule has 2 rings (SSSR count). The van der Waals surface area contributed by atoms with E-state index in [0.717, 1.165) is 17.1 Å². The van der Waals surface area contributed by atoms with Crippen LogP contribution in [0.3, 0.4) is 0 Å². The molecule has 3 nitrogen and oxygen atoms in total. The van der Waals surface area contributed by atoms with Crippen LogP contribution in [0.5, 0.6) is 0 Å². The highest BCUT2D eigenvalue weighted by atomic mass is 35.5. The number of aromatic nitrogens is 2. The van der Waals surface area contributed by atoms with E-state index in [-0.39, 0.29) is 0 Å². The van der Waals surface area contributed by atoms with Crippen LogP contribution in [0.1, 0.15) is 17.0 Å². The number of benzene rings is 1. The van der Waals surface area contributed by atoms with Gasteiger partial charge in [-0.1, -0.05) is 23.7 Å². The molecule has 0 atom stereocenters. The van der Waals surface area contributed by atoms with Crippen LogP contribution >= 0.6 is 11.6 Å². The van der Waals surface area contributed by atoms with Gasteiger partial charge in [-0.15, -0.1) is 0 Å². The van der Waals surface area contributed by atoms with Crippen LogP contribution in [0.15, 0.2) is 24.3 Å². The lowest BCUT2D eigenvalue weighted by Gasteiger charge is -2.09. The monoisotopic (exact) mass is 247 g/mol. The summed E-state index contributed by atoms with van der Waals surface area (Å²) in [6.07, 6.45) is 0. The van der Waals surface area contributed by atoms with E-state index >= 15 is 0 Å². The van der Waals surface area contributed by atoms with Crippen LogP contribution in [0, 0.1) is 20.8 Å². The lowest BCUT2D eigenvalue weighted by Crippen LogP contribution is -2.00. The van der Waals surface area contributed by atoms with E-state index in [2.05, 4.69) is 15.3 Å². The molecule has 0 bridgehead atoms. The van der Waals surface area contributed by atoms with Crippen LogP contribution < -0.4 is 5.32 Å². The summed E-state index contributed by atoms with van der Waals surface area (Å²) in [7, 11) is 0. The molecule has 88 valence electrons. The van der Waals surface area contributed by atoms with Crippen molar-refractivity contribution < 1.29 is 0 Å². The Kier molecular flexibility index (Phi) is 3.29. The first-order valence-corrected chi connectivity index (χ1v) is 5.78. The smallest absolute Gasteiger partial charge is 0.172 e. The van der Waals surface area contributed by atoms with Gasteiger partial charge in [0.05, 0.1) is 11.4 Å². The standard InChI is InChI=1S/C13H14ClN3/c1-8-5-4-6-11(7-8)17-13-12(14)15-9(2)10(3)16-13/h4-7H,1-3H3,(H,16,17). The third kappa shape index (κ3) is 2.74. The van der Waals surface area contributed by atoms with E-state index in [1.807, 2.05) is 45.0 Å². The maximum Gasteiger partial charge on any atom is 0.172 e. The minimum atomic E-state index is 0.398. The summed E-state index contributed by atoms with van der Waals surface area (Å²) in [6.45, 7) is 5.85. The first kappa shape index (κ1) is 11.9. The molecule has 0 unspecified atom stereocenters. The number of anilines is 2. The van der Waals surface area contributed by atoms with Crippen molar-refractivity contribution in [3.05, 3.63) is 46.4 Å². The van der Waals surface area contributed by atoms with Gasteiger partial charge in [0.1, 0.15) is 0 Å². The summed E-state index contributed by atoms with van der Waals surface area (Å²) >= 11 is 6.06. The summed E-state index contributed by atoms with van der Waals surface area (Å²) < 4.78 is 0. The molecule has 0 radical (unpaired) electrons. The van der Waals surface area contributed by atoms with Gasteiger partial charge in [0.2, 0.25) is 0 Å². The number of nitrogens with zero attached hydrogens (tertiary/aromatic N) is 2. The Morgan fingerprint density at radius 2 is 1.76 bits per heavy atom. The van der Waals surface area contributed by atoms with Gasteiger partial charge < -0.3 is 5.32 Å². The summed E-state index contributed by atoms with van der Waals surface area (Å²) in [5, 5.41) is 3.57. The van der Waals surface area contributed by atoms with Crippen molar-refractivity contribution in [2.24, 2.45) is 0 Å². The number of hydrogen-bond donors (Lipinski definition) is 1. The highest BCUT2D eigenvalue weighted by molar-refractivity contribution is 6.31. The predicted molar refractivity (Wildman–Crippen MR) is 71.0 cm³/mol. The van der Waals surface area contributed by atoms with Crippen molar-refractivity contribution in [1.82, 2.24) is 9.97 Å². The molecule has 0 aliphatic carbocycles. The van der Waals surface area contributed by atoms with Gasteiger partial charge in [-0.2, -0.15) is 0 Å². The van der Waals surface area contributed by atoms with Gasteiger partial charge in [0, 0.05) is 5.69 Å². The lowest BCUT2D eigenvalue weighted by atomic mass is 10.2. The fourth-order valence-electron chi connectivity index (χ4n) is 1.51. The van der Waals surface area contributed by atoms with Crippen LogP contribution in [0.2, 0.25) is 5.15 Å². The van der Waals surface area contributed by atoms with Gasteiger partial charge in [-0.25, -0.2) is 9.97 Å². The Morgan fingerprint density at radius 1 is 1.06 bits per heavy atom. The average Bonchev–Trinajstić information content (AvgIpc) is 2.26. The Balaban J connectivity index is 2.33. The number of nitrogens with one attached hydrogen (secondary N) is 1. The van der Waals surface area contributed by atoms with Gasteiger partial charge in [-0.3, -0.25) is 0 Å². The Hall–Kier alpha value is -1.61. The fourth-order valence-corrected chi connectivity index (χ4v) is 1.73. The summed E-state index contributed by atoms with van der Waals surface area (Å²) in [4.78, 5) is 8.62. The Labute approximate surface area is 106 Å². The molecule has 1 N–H and O–H groups in total. The van der Waals surface area contributed by atoms with E-state index in [4.69, 9.17) is 11.6 Å². The summed E-state index contributed by atoms with van der Waals surface area (Å²) in [5.41, 5.74) is 3.88. The zero-order chi connectivity index (χ0) is 12.4. The van der Waals surface area contributed by atoms with Crippen molar-refractivity contribution in [3.63, 3.8) is 0 Å². The fraction of sp³-hybridized carbons (Fsp3) is 0.231. The molecule has 0 aliphatic rings. The molecule has 0 saturated heterocycles. The topological polar surface area (TPSA) is 37.8 Å². The van der Waals surface area contributed by atoms with E-state index < -0.39 is 0 Å². The molecule has 2 aromatic rings. The largest absolute Gasteiger partial charge is 0.338 e. The van der Waals surface area contributed by atoms with Crippen LogP contribution in [-0.4, -0.2) is 9.97 Å². The molecule has 0 fully saturated rings. The molecule has 1 aromatic carbocycles. The van der Waals surface area contributed by atoms with E-state index in [9.17, 15) is 0 Å². The zero-order valence-electron chi connectivity index (χ0n) is 10.1. The molecule has 1 heterocycles. The summed E-state index contributed by atoms with van der Waals surface area (Å²) in [5.74, 6) is 0.598. The molecule has 0 amide bonds. The molecule has 1 aromatic heterocycles. The van der Waals surface area contributed by atoms with Crippen molar-refractivity contribution in [2.45, 2.75) is 20.8 Å². The van der Waals surface area contributed by atoms with Gasteiger partial charge in [0.25, 0.3) is 0 Å². The molecule has 0 aliphatic heterocycles. The first-order chi connectivity index (χ1) is 8.06. The molecule has 0 saturated carbocycles. The predicted octanol–water partition coefficient (Wildman–Crippen LogP) is 3.80. The highest BCUT2D eigenvalue weighted by Crippen LogP contribution is 2.23. The number of hydrogen-bond acceptors (Lipinski definition) is 3. The molecule has 0 spiro atoms. The molecule has 17 heavy (non-hydrogen) atoms.